The zero-order valence-corrected chi connectivity index (χ0v) is 26.6. The summed E-state index contributed by atoms with van der Waals surface area (Å²) in [5.74, 6) is 1.53. The summed E-state index contributed by atoms with van der Waals surface area (Å²) in [6, 6.07) is 61.0. The van der Waals surface area contributed by atoms with Crippen LogP contribution in [0.3, 0.4) is 0 Å². The largest absolute Gasteiger partial charge is 0.456 e. The summed E-state index contributed by atoms with van der Waals surface area (Å²) in [6.45, 7) is 0. The molecule has 1 aliphatic rings. The molecular weight excluding hydrogens is 599 g/mol. The molecule has 1 N–H and O–H groups in total. The monoisotopic (exact) mass is 629 g/mol. The first-order chi connectivity index (χ1) is 24.3. The predicted octanol–water partition coefficient (Wildman–Crippen LogP) is 11.1. The molecule has 9 rings (SSSR count). The molecule has 0 spiro atoms. The summed E-state index contributed by atoms with van der Waals surface area (Å²) in [6.07, 6.45) is -0.446. The van der Waals surface area contributed by atoms with E-state index in [1.54, 1.807) is 0 Å². The van der Waals surface area contributed by atoms with Gasteiger partial charge in [-0.2, -0.15) is 0 Å². The SMILES string of the molecule is c1ccc(C2=NC(c3ccc(-c4ccccc4)cc3)N=C(c3c(-c4ccc(-c5ccccc5)cc4)ccc4oc5ccccc5c34)N2)cc1. The third-order valence-corrected chi connectivity index (χ3v) is 9.19. The van der Waals surface area contributed by atoms with Gasteiger partial charge in [0.1, 0.15) is 22.8 Å². The van der Waals surface area contributed by atoms with Crippen molar-refractivity contribution in [3.63, 3.8) is 0 Å². The van der Waals surface area contributed by atoms with Gasteiger partial charge < -0.3 is 9.73 Å². The molecule has 49 heavy (non-hydrogen) atoms. The van der Waals surface area contributed by atoms with Crippen molar-refractivity contribution in [1.29, 1.82) is 0 Å². The van der Waals surface area contributed by atoms with Crippen LogP contribution in [0.1, 0.15) is 22.9 Å². The van der Waals surface area contributed by atoms with Crippen molar-refractivity contribution in [3.8, 4) is 33.4 Å². The summed E-state index contributed by atoms with van der Waals surface area (Å²) in [7, 11) is 0. The van der Waals surface area contributed by atoms with Crippen LogP contribution in [0.4, 0.5) is 0 Å². The fourth-order valence-electron chi connectivity index (χ4n) is 6.72. The molecule has 4 heteroatoms. The van der Waals surface area contributed by atoms with E-state index in [1.807, 2.05) is 42.5 Å². The molecule has 0 amide bonds. The van der Waals surface area contributed by atoms with Crippen molar-refractivity contribution in [2.45, 2.75) is 6.17 Å². The van der Waals surface area contributed by atoms with Crippen LogP contribution < -0.4 is 5.32 Å². The molecule has 0 fully saturated rings. The summed E-state index contributed by atoms with van der Waals surface area (Å²) in [5.41, 5.74) is 11.5. The first-order valence-corrected chi connectivity index (χ1v) is 16.5. The number of para-hydroxylation sites is 1. The number of aliphatic imine (C=N–C) groups is 2. The highest BCUT2D eigenvalue weighted by Gasteiger charge is 2.26. The van der Waals surface area contributed by atoms with Gasteiger partial charge in [0, 0.05) is 21.9 Å². The lowest BCUT2D eigenvalue weighted by molar-refractivity contribution is 0.669. The second-order valence-corrected chi connectivity index (χ2v) is 12.2. The zero-order valence-electron chi connectivity index (χ0n) is 26.6. The van der Waals surface area contributed by atoms with E-state index < -0.39 is 6.17 Å². The normalized spacial score (nSPS) is 14.3. The van der Waals surface area contributed by atoms with Crippen molar-refractivity contribution in [2.75, 3.05) is 0 Å². The molecule has 0 bridgehead atoms. The van der Waals surface area contributed by atoms with Crippen molar-refractivity contribution in [3.05, 3.63) is 193 Å². The molecule has 0 radical (unpaired) electrons. The first-order valence-electron chi connectivity index (χ1n) is 16.5. The van der Waals surface area contributed by atoms with E-state index in [1.165, 1.54) is 16.7 Å². The van der Waals surface area contributed by atoms with Gasteiger partial charge in [-0.05, 0) is 57.1 Å². The third kappa shape index (κ3) is 5.39. The van der Waals surface area contributed by atoms with Gasteiger partial charge in [0.25, 0.3) is 0 Å². The summed E-state index contributed by atoms with van der Waals surface area (Å²) in [5, 5.41) is 5.75. The molecule has 8 aromatic rings. The molecule has 4 nitrogen and oxygen atoms in total. The maximum atomic E-state index is 6.42. The van der Waals surface area contributed by atoms with Crippen LogP contribution in [0.2, 0.25) is 0 Å². The molecular formula is C45H31N3O. The van der Waals surface area contributed by atoms with E-state index in [0.717, 1.165) is 67.0 Å². The van der Waals surface area contributed by atoms with E-state index in [-0.39, 0.29) is 0 Å². The molecule has 2 heterocycles. The molecule has 1 atom stereocenters. The van der Waals surface area contributed by atoms with Crippen molar-refractivity contribution < 1.29 is 4.42 Å². The Labute approximate surface area is 284 Å². The third-order valence-electron chi connectivity index (χ3n) is 9.19. The Morgan fingerprint density at radius 1 is 0.408 bits per heavy atom. The highest BCUT2D eigenvalue weighted by molar-refractivity contribution is 6.26. The predicted molar refractivity (Wildman–Crippen MR) is 202 cm³/mol. The van der Waals surface area contributed by atoms with E-state index in [0.29, 0.717) is 0 Å². The maximum Gasteiger partial charge on any atom is 0.169 e. The van der Waals surface area contributed by atoms with Gasteiger partial charge in [0.2, 0.25) is 0 Å². The Kier molecular flexibility index (Phi) is 7.17. The smallest absolute Gasteiger partial charge is 0.169 e. The van der Waals surface area contributed by atoms with Crippen LogP contribution in [0.5, 0.6) is 0 Å². The Morgan fingerprint density at radius 3 is 1.57 bits per heavy atom. The highest BCUT2D eigenvalue weighted by Crippen LogP contribution is 2.39. The minimum atomic E-state index is -0.446. The van der Waals surface area contributed by atoms with Crippen LogP contribution in [-0.4, -0.2) is 11.7 Å². The standard InChI is InChI=1S/C45H31N3O/c1-4-12-30(13-5-1)32-20-24-34(25-21-32)37-28-29-40-41(38-18-10-11-19-39(38)49-40)42(37)45-47-43(35-16-8-3-9-17-35)46-44(48-45)36-26-22-33(23-27-36)31-14-6-2-7-15-31/h1-29,44H,(H,46,47,48). The quantitative estimate of drug-likeness (QED) is 0.199. The molecule has 1 aliphatic heterocycles. The molecule has 7 aromatic carbocycles. The lowest BCUT2D eigenvalue weighted by Crippen LogP contribution is -2.36. The summed E-state index contributed by atoms with van der Waals surface area (Å²) >= 11 is 0. The van der Waals surface area contributed by atoms with Crippen molar-refractivity contribution in [1.82, 2.24) is 5.32 Å². The Morgan fingerprint density at radius 2 is 0.918 bits per heavy atom. The second kappa shape index (κ2) is 12.3. The molecule has 0 aliphatic carbocycles. The second-order valence-electron chi connectivity index (χ2n) is 12.2. The topological polar surface area (TPSA) is 49.9 Å². The number of rotatable bonds is 6. The van der Waals surface area contributed by atoms with Gasteiger partial charge in [-0.25, -0.2) is 9.98 Å². The van der Waals surface area contributed by atoms with Crippen molar-refractivity contribution >= 4 is 33.6 Å². The van der Waals surface area contributed by atoms with Crippen LogP contribution in [0.15, 0.2) is 190 Å². The number of benzene rings is 7. The molecule has 232 valence electrons. The van der Waals surface area contributed by atoms with Crippen LogP contribution in [0, 0.1) is 0 Å². The van der Waals surface area contributed by atoms with Gasteiger partial charge in [-0.1, -0.05) is 158 Å². The Balaban J connectivity index is 1.23. The minimum absolute atomic E-state index is 0.446. The van der Waals surface area contributed by atoms with Gasteiger partial charge in [-0.3, -0.25) is 0 Å². The summed E-state index contributed by atoms with van der Waals surface area (Å²) < 4.78 is 6.42. The maximum absolute atomic E-state index is 6.42. The number of amidine groups is 2. The average Bonchev–Trinajstić information content (AvgIpc) is 3.57. The van der Waals surface area contributed by atoms with E-state index in [4.69, 9.17) is 14.4 Å². The zero-order chi connectivity index (χ0) is 32.6. The van der Waals surface area contributed by atoms with Gasteiger partial charge in [0.05, 0.1) is 0 Å². The molecule has 0 saturated carbocycles. The van der Waals surface area contributed by atoms with E-state index in [9.17, 15) is 0 Å². The van der Waals surface area contributed by atoms with Crippen LogP contribution >= 0.6 is 0 Å². The number of nitrogens with zero attached hydrogens (tertiary/aromatic N) is 2. The molecule has 1 aromatic heterocycles. The van der Waals surface area contributed by atoms with Gasteiger partial charge in [0.15, 0.2) is 6.17 Å². The van der Waals surface area contributed by atoms with Crippen LogP contribution in [-0.2, 0) is 0 Å². The average molecular weight is 630 g/mol. The lowest BCUT2D eigenvalue weighted by atomic mass is 9.92. The number of fused-ring (bicyclic) bond motifs is 3. The lowest BCUT2D eigenvalue weighted by Gasteiger charge is -2.24. The van der Waals surface area contributed by atoms with Gasteiger partial charge >= 0.3 is 0 Å². The minimum Gasteiger partial charge on any atom is -0.456 e. The highest BCUT2D eigenvalue weighted by atomic mass is 16.3. The fourth-order valence-corrected chi connectivity index (χ4v) is 6.72. The summed E-state index contributed by atoms with van der Waals surface area (Å²) in [4.78, 5) is 10.5. The number of nitrogens with one attached hydrogen (secondary N) is 1. The molecule has 0 saturated heterocycles. The number of furan rings is 1. The van der Waals surface area contributed by atoms with Crippen LogP contribution in [0.25, 0.3) is 55.3 Å². The first kappa shape index (κ1) is 28.7. The van der Waals surface area contributed by atoms with Crippen molar-refractivity contribution in [2.24, 2.45) is 9.98 Å². The molecule has 1 unspecified atom stereocenters. The van der Waals surface area contributed by atoms with E-state index >= 15 is 0 Å². The van der Waals surface area contributed by atoms with Gasteiger partial charge in [-0.15, -0.1) is 0 Å². The fraction of sp³-hybridized carbons (Fsp3) is 0.0222. The van der Waals surface area contributed by atoms with E-state index in [2.05, 4.69) is 139 Å². The Bertz CT molecular complexity index is 2480. The number of hydrogen-bond donors (Lipinski definition) is 1. The Hall–Kier alpha value is -6.52. The number of hydrogen-bond acceptors (Lipinski definition) is 4.